The first-order chi connectivity index (χ1) is 21.8. The van der Waals surface area contributed by atoms with Gasteiger partial charge in [-0.25, -0.2) is 21.4 Å². The molecule has 0 saturated carbocycles. The molecule has 0 unspecified atom stereocenters. The number of anilines is 3. The van der Waals surface area contributed by atoms with Crippen LogP contribution < -0.4 is 82.6 Å². The summed E-state index contributed by atoms with van der Waals surface area (Å²) in [7, 11) is -8.85. The number of rotatable bonds is 14. The molecule has 0 aliphatic carbocycles. The molecule has 4 aromatic rings. The summed E-state index contributed by atoms with van der Waals surface area (Å²) in [4.78, 5) is 22.4. The van der Waals surface area contributed by atoms with Gasteiger partial charge in [0.1, 0.15) is 15.8 Å². The Hall–Kier alpha value is -2.60. The summed E-state index contributed by atoms with van der Waals surface area (Å²) < 4.78 is 70.3. The third-order valence-corrected chi connectivity index (χ3v) is 8.65. The molecule has 2 aromatic carbocycles. The molecule has 0 aliphatic heterocycles. The molecule has 0 radical (unpaired) electrons. The van der Waals surface area contributed by atoms with Crippen LogP contribution >= 0.6 is 23.9 Å². The molecule has 19 nitrogen and oxygen atoms in total. The van der Waals surface area contributed by atoms with Crippen LogP contribution in [0.3, 0.4) is 0 Å². The summed E-state index contributed by atoms with van der Waals surface area (Å²) in [5.74, 6) is -2.33. The average molecular weight is 734 g/mol. The molecule has 0 atom stereocenters. The number of halogens is 1. The molecule has 49 heavy (non-hydrogen) atoms. The van der Waals surface area contributed by atoms with Gasteiger partial charge in [0, 0.05) is 5.56 Å². The number of carboxylic acids is 1. The second-order valence-corrected chi connectivity index (χ2v) is 12.8. The Morgan fingerprint density at radius 2 is 1.73 bits per heavy atom. The number of sulfone groups is 1. The van der Waals surface area contributed by atoms with E-state index in [2.05, 4.69) is 39.9 Å². The third kappa shape index (κ3) is 12.6. The van der Waals surface area contributed by atoms with Gasteiger partial charge >= 0.3 is 73.8 Å². The molecule has 242 valence electrons. The maximum Gasteiger partial charge on any atom is 1.00 e. The Kier molecular flexibility index (Phi) is 17.9. The van der Waals surface area contributed by atoms with Gasteiger partial charge in [-0.2, -0.15) is 10.1 Å². The van der Waals surface area contributed by atoms with Crippen LogP contribution in [0.5, 0.6) is 0 Å². The van der Waals surface area contributed by atoms with Gasteiger partial charge in [-0.3, -0.25) is 9.22 Å². The van der Waals surface area contributed by atoms with Crippen molar-refractivity contribution in [3.63, 3.8) is 0 Å². The zero-order chi connectivity index (χ0) is 33.5. The Labute approximate surface area is 323 Å². The summed E-state index contributed by atoms with van der Waals surface area (Å²) in [6, 6.07) is 9.71. The van der Waals surface area contributed by atoms with Gasteiger partial charge in [-0.1, -0.05) is 0 Å². The molecule has 0 saturated heterocycles. The summed E-state index contributed by atoms with van der Waals surface area (Å²) in [6.07, 6.45) is 2.57. The summed E-state index contributed by atoms with van der Waals surface area (Å²) in [5, 5.41) is 34.4. The number of hydrogen-bond acceptors (Lipinski definition) is 19. The first-order valence-corrected chi connectivity index (χ1v) is 16.2. The second kappa shape index (κ2) is 19.7. The fourth-order valence-corrected chi connectivity index (χ4v) is 5.67. The van der Waals surface area contributed by atoms with Gasteiger partial charge in [0.2, 0.25) is 0 Å². The maximum absolute atomic E-state index is 12.5. The summed E-state index contributed by atoms with van der Waals surface area (Å²) >= 11 is 6.22. The largest absolute Gasteiger partial charge is 1.00 e. The van der Waals surface area contributed by atoms with E-state index < -0.39 is 42.3 Å². The van der Waals surface area contributed by atoms with Crippen LogP contribution in [0.25, 0.3) is 5.95 Å². The molecular formula is C23H17ClLi3N8O11S3+. The fraction of sp³-hybridized carbons (Fsp3) is 0.0870. The van der Waals surface area contributed by atoms with Crippen LogP contribution in [0.1, 0.15) is 10.4 Å². The number of nitrogens with two attached hydrogens (primary N) is 1. The molecule has 0 bridgehead atoms. The van der Waals surface area contributed by atoms with E-state index in [1.807, 2.05) is 0 Å². The normalized spacial score (nSPS) is 11.2. The van der Waals surface area contributed by atoms with E-state index in [1.165, 1.54) is 47.2 Å². The molecule has 3 N–H and O–H groups in total. The zero-order valence-electron chi connectivity index (χ0n) is 25.5. The average Bonchev–Trinajstić information content (AvgIpc) is 3.00. The van der Waals surface area contributed by atoms with Crippen molar-refractivity contribution in [3.8, 4) is 5.95 Å². The summed E-state index contributed by atoms with van der Waals surface area (Å²) in [6.45, 7) is -0.317. The monoisotopic (exact) mass is 733 g/mol. The van der Waals surface area contributed by atoms with Crippen molar-refractivity contribution in [2.75, 3.05) is 23.4 Å². The van der Waals surface area contributed by atoms with Gasteiger partial charge in [-0.15, -0.1) is 9.45 Å². The fourth-order valence-electron chi connectivity index (χ4n) is 3.49. The Morgan fingerprint density at radius 3 is 2.37 bits per heavy atom. The van der Waals surface area contributed by atoms with Crippen molar-refractivity contribution in [2.45, 2.75) is 9.79 Å². The number of carbonyl (C=O) groups is 1. The molecular weight excluding hydrogens is 717 g/mol. The van der Waals surface area contributed by atoms with Crippen LogP contribution in [0, 0.1) is 0 Å². The van der Waals surface area contributed by atoms with E-state index in [9.17, 15) is 36.5 Å². The number of azo groups is 1. The predicted octanol–water partition coefficient (Wildman–Crippen LogP) is -8.60. The van der Waals surface area contributed by atoms with Crippen molar-refractivity contribution in [3.05, 3.63) is 71.8 Å². The topological polar surface area (TPSA) is 288 Å². The number of carbonyl (C=O) groups excluding carboxylic acids is 1. The Morgan fingerprint density at radius 1 is 1.04 bits per heavy atom. The first kappa shape index (κ1) is 44.4. The third-order valence-electron chi connectivity index (χ3n) is 5.52. The minimum absolute atomic E-state index is 0. The minimum Gasteiger partial charge on any atom is -0.744 e. The zero-order valence-corrected chi connectivity index (χ0v) is 28.7. The van der Waals surface area contributed by atoms with Crippen LogP contribution in [-0.2, 0) is 33.5 Å². The standard InChI is InChI=1S/C23H19ClN8O11S3.3Li/c24-21-27-22(29-23(28-21)32-7-1-2-13(12-32)20(33)34)26-17-11-19(46(38,39)40)16(25)10-18(17)31-30-14-3-5-15(6-4-14)45(36,37)9-8-41-44-43-42-35;;;/h1-7,10-12H,8-9H2,(H5-,25,26,27,28,29,30,31,33,34,35,38,39,40);;;/q;3*+1/p-2. The van der Waals surface area contributed by atoms with Crippen molar-refractivity contribution in [2.24, 2.45) is 10.2 Å². The molecule has 2 aromatic heterocycles. The maximum atomic E-state index is 12.5. The minimum atomic E-state index is -5.06. The Bertz CT molecular complexity index is 2020. The van der Waals surface area contributed by atoms with Gasteiger partial charge < -0.3 is 30.8 Å². The second-order valence-electron chi connectivity index (χ2n) is 8.54. The number of nitrogens with zero attached hydrogens (tertiary/aromatic N) is 6. The van der Waals surface area contributed by atoms with Crippen LogP contribution in [0.15, 0.2) is 80.9 Å². The van der Waals surface area contributed by atoms with E-state index in [0.717, 1.165) is 18.3 Å². The summed E-state index contributed by atoms with van der Waals surface area (Å²) in [5.41, 5.74) is 5.03. The number of aromatic carboxylic acids is 1. The van der Waals surface area contributed by atoms with Crippen LogP contribution in [0.2, 0.25) is 5.28 Å². The van der Waals surface area contributed by atoms with Gasteiger partial charge in [0.05, 0.1) is 57.6 Å². The number of nitrogen functional groups attached to an aromatic ring is 1. The molecule has 0 aliphatic rings. The van der Waals surface area contributed by atoms with Crippen LogP contribution in [0.4, 0.5) is 28.7 Å². The van der Waals surface area contributed by atoms with E-state index in [-0.39, 0.29) is 120 Å². The quantitative estimate of drug-likeness (QED) is 0.0140. The smallest absolute Gasteiger partial charge is 0.744 e. The van der Waals surface area contributed by atoms with Crippen molar-refractivity contribution < 1.29 is 111 Å². The molecule has 2 heterocycles. The van der Waals surface area contributed by atoms with Gasteiger partial charge in [0.15, 0.2) is 22.2 Å². The number of benzene rings is 2. The van der Waals surface area contributed by atoms with Crippen molar-refractivity contribution >= 4 is 78.5 Å². The van der Waals surface area contributed by atoms with Gasteiger partial charge in [-0.05, 0) is 70.1 Å². The molecule has 4 rings (SSSR count). The van der Waals surface area contributed by atoms with E-state index in [4.69, 9.17) is 21.5 Å². The number of carboxylic acid groups (broad SMARTS) is 1. The number of aromatic nitrogens is 4. The van der Waals surface area contributed by atoms with Crippen molar-refractivity contribution in [1.82, 2.24) is 15.0 Å². The van der Waals surface area contributed by atoms with Gasteiger partial charge in [0.25, 0.3) is 0 Å². The van der Waals surface area contributed by atoms with Crippen LogP contribution in [-0.4, -0.2) is 54.7 Å². The predicted molar refractivity (Wildman–Crippen MR) is 151 cm³/mol. The molecule has 26 heteroatoms. The SMILES string of the molecule is Nc1cc(N=Nc2ccc(S(=O)(=O)CCOSOO[O-])cc2)c(Nc2nc(Cl)nc(-[n+]3cccc(C(=O)[O-])c3)n2)cc1S(=O)(=O)[O-].[Li+].[Li+].[Li+]. The molecule has 0 spiro atoms. The first-order valence-electron chi connectivity index (χ1n) is 12.1. The number of hydrogen-bond donors (Lipinski definition) is 2. The molecule has 0 fully saturated rings. The molecule has 0 amide bonds. The van der Waals surface area contributed by atoms with Crippen molar-refractivity contribution in [1.29, 1.82) is 0 Å². The Balaban J connectivity index is 0.00000400. The van der Waals surface area contributed by atoms with E-state index in [1.54, 1.807) is 0 Å². The van der Waals surface area contributed by atoms with E-state index >= 15 is 0 Å². The number of nitrogens with one attached hydrogen (secondary N) is 1. The number of pyridine rings is 1. The van der Waals surface area contributed by atoms with E-state index in [0.29, 0.717) is 0 Å².